The third kappa shape index (κ3) is 3.99. The fourth-order valence-electron chi connectivity index (χ4n) is 2.98. The van der Waals surface area contributed by atoms with Crippen LogP contribution in [-0.4, -0.2) is 29.1 Å². The number of nitrogens with zero attached hydrogens (tertiary/aromatic N) is 2. The zero-order valence-corrected chi connectivity index (χ0v) is 13.5. The maximum Gasteiger partial charge on any atom is 0.214 e. The van der Waals surface area contributed by atoms with Gasteiger partial charge in [-0.3, -0.25) is 4.90 Å². The molecule has 0 radical (unpaired) electrons. The molecular formula is C18H21ClN2O. The van der Waals surface area contributed by atoms with Crippen LogP contribution in [-0.2, 0) is 6.54 Å². The lowest BCUT2D eigenvalue weighted by molar-refractivity contribution is 0.0461. The Morgan fingerprint density at radius 1 is 1.18 bits per heavy atom. The molecule has 1 aliphatic heterocycles. The van der Waals surface area contributed by atoms with Crippen molar-refractivity contribution in [2.45, 2.75) is 26.0 Å². The summed E-state index contributed by atoms with van der Waals surface area (Å²) >= 11 is 5.91. The van der Waals surface area contributed by atoms with Gasteiger partial charge in [0.25, 0.3) is 0 Å². The Morgan fingerprint density at radius 2 is 2.00 bits per heavy atom. The zero-order valence-electron chi connectivity index (χ0n) is 12.8. The van der Waals surface area contributed by atoms with Crippen LogP contribution in [0.5, 0.6) is 5.88 Å². The second-order valence-electron chi connectivity index (χ2n) is 5.94. The Balaban J connectivity index is 1.56. The van der Waals surface area contributed by atoms with Crippen molar-refractivity contribution in [3.8, 4) is 5.88 Å². The Bertz CT molecular complexity index is 605. The lowest BCUT2D eigenvalue weighted by Gasteiger charge is -2.36. The fourth-order valence-corrected chi connectivity index (χ4v) is 3.14. The third-order valence-corrected chi connectivity index (χ3v) is 4.33. The van der Waals surface area contributed by atoms with Gasteiger partial charge in [0, 0.05) is 31.6 Å². The molecule has 0 saturated carbocycles. The maximum absolute atomic E-state index is 6.02. The van der Waals surface area contributed by atoms with Crippen molar-refractivity contribution >= 4 is 11.6 Å². The van der Waals surface area contributed by atoms with Gasteiger partial charge in [0.15, 0.2) is 0 Å². The van der Waals surface area contributed by atoms with Gasteiger partial charge in [-0.25, -0.2) is 4.98 Å². The summed E-state index contributed by atoms with van der Waals surface area (Å²) in [5.74, 6) is 1.10. The summed E-state index contributed by atoms with van der Waals surface area (Å²) in [6.07, 6.45) is 1.22. The zero-order chi connectivity index (χ0) is 15.4. The molecule has 0 amide bonds. The maximum atomic E-state index is 6.02. The molecule has 0 aliphatic carbocycles. The molecule has 3 rings (SSSR count). The van der Waals surface area contributed by atoms with Crippen LogP contribution in [0.15, 0.2) is 48.5 Å². The smallest absolute Gasteiger partial charge is 0.214 e. The molecule has 3 nitrogen and oxygen atoms in total. The molecule has 1 saturated heterocycles. The van der Waals surface area contributed by atoms with Crippen LogP contribution in [0.4, 0.5) is 0 Å². The average molecular weight is 317 g/mol. The van der Waals surface area contributed by atoms with E-state index in [0.717, 1.165) is 26.1 Å². The Labute approximate surface area is 136 Å². The van der Waals surface area contributed by atoms with Gasteiger partial charge in [-0.15, -0.1) is 0 Å². The molecular weight excluding hydrogens is 296 g/mol. The molecule has 1 aliphatic rings. The molecule has 1 fully saturated rings. The van der Waals surface area contributed by atoms with E-state index in [1.54, 1.807) is 6.07 Å². The Kier molecular flexibility index (Phi) is 4.96. The number of halogens is 1. The highest BCUT2D eigenvalue weighted by Gasteiger charge is 2.27. The lowest BCUT2D eigenvalue weighted by Crippen LogP contribution is -2.44. The average Bonchev–Trinajstić information content (AvgIpc) is 2.51. The van der Waals surface area contributed by atoms with Gasteiger partial charge >= 0.3 is 0 Å². The Morgan fingerprint density at radius 3 is 2.73 bits per heavy atom. The molecule has 2 atom stereocenters. The van der Waals surface area contributed by atoms with Crippen molar-refractivity contribution < 1.29 is 4.74 Å². The molecule has 2 aromatic rings. The molecule has 1 aromatic carbocycles. The van der Waals surface area contributed by atoms with Crippen LogP contribution < -0.4 is 4.74 Å². The van der Waals surface area contributed by atoms with Crippen molar-refractivity contribution in [1.82, 2.24) is 9.88 Å². The van der Waals surface area contributed by atoms with Gasteiger partial charge < -0.3 is 4.74 Å². The SMILES string of the molecule is C[C@H]1CN(Cc2ccccc2)CC[C@H]1Oc1cccc(Cl)n1. The van der Waals surface area contributed by atoms with Gasteiger partial charge in [0.1, 0.15) is 11.3 Å². The summed E-state index contributed by atoms with van der Waals surface area (Å²) in [4.78, 5) is 6.71. The first-order valence-electron chi connectivity index (χ1n) is 7.76. The summed E-state index contributed by atoms with van der Waals surface area (Å²) in [5, 5.41) is 0.478. The number of pyridine rings is 1. The molecule has 0 spiro atoms. The molecule has 116 valence electrons. The summed E-state index contributed by atoms with van der Waals surface area (Å²) in [7, 11) is 0. The number of piperidine rings is 1. The monoisotopic (exact) mass is 316 g/mol. The first-order chi connectivity index (χ1) is 10.7. The third-order valence-electron chi connectivity index (χ3n) is 4.12. The second kappa shape index (κ2) is 7.12. The summed E-state index contributed by atoms with van der Waals surface area (Å²) in [6.45, 7) is 5.34. The van der Waals surface area contributed by atoms with Crippen LogP contribution in [0.25, 0.3) is 0 Å². The minimum absolute atomic E-state index is 0.206. The van der Waals surface area contributed by atoms with Crippen molar-refractivity contribution in [2.75, 3.05) is 13.1 Å². The summed E-state index contributed by atoms with van der Waals surface area (Å²) < 4.78 is 6.02. The number of aromatic nitrogens is 1. The van der Waals surface area contributed by atoms with Crippen LogP contribution in [0.2, 0.25) is 5.15 Å². The first kappa shape index (κ1) is 15.3. The minimum atomic E-state index is 0.206. The van der Waals surface area contributed by atoms with Crippen LogP contribution in [0, 0.1) is 5.92 Å². The van der Waals surface area contributed by atoms with Gasteiger partial charge in [-0.05, 0) is 18.1 Å². The minimum Gasteiger partial charge on any atom is -0.474 e. The Hall–Kier alpha value is -1.58. The van der Waals surface area contributed by atoms with E-state index >= 15 is 0 Å². The summed E-state index contributed by atoms with van der Waals surface area (Å²) in [6, 6.07) is 16.1. The number of hydrogen-bond acceptors (Lipinski definition) is 3. The van der Waals surface area contributed by atoms with E-state index in [2.05, 4.69) is 47.1 Å². The highest BCUT2D eigenvalue weighted by molar-refractivity contribution is 6.29. The van der Waals surface area contributed by atoms with E-state index < -0.39 is 0 Å². The van der Waals surface area contributed by atoms with Crippen LogP contribution in [0.1, 0.15) is 18.9 Å². The molecule has 0 unspecified atom stereocenters. The molecule has 2 heterocycles. The van der Waals surface area contributed by atoms with Gasteiger partial charge in [-0.1, -0.05) is 54.9 Å². The lowest BCUT2D eigenvalue weighted by atomic mass is 9.96. The predicted octanol–water partition coefficient (Wildman–Crippen LogP) is 4.02. The molecule has 0 N–H and O–H groups in total. The second-order valence-corrected chi connectivity index (χ2v) is 6.33. The number of likely N-dealkylation sites (tertiary alicyclic amines) is 1. The van der Waals surface area contributed by atoms with Crippen molar-refractivity contribution in [3.63, 3.8) is 0 Å². The van der Waals surface area contributed by atoms with Gasteiger partial charge in [-0.2, -0.15) is 0 Å². The van der Waals surface area contributed by atoms with Crippen LogP contribution >= 0.6 is 11.6 Å². The largest absolute Gasteiger partial charge is 0.474 e. The highest BCUT2D eigenvalue weighted by atomic mass is 35.5. The van der Waals surface area contributed by atoms with E-state index in [1.165, 1.54) is 5.56 Å². The highest BCUT2D eigenvalue weighted by Crippen LogP contribution is 2.23. The number of hydrogen-bond donors (Lipinski definition) is 0. The molecule has 0 bridgehead atoms. The predicted molar refractivity (Wildman–Crippen MR) is 89.2 cm³/mol. The number of rotatable bonds is 4. The van der Waals surface area contributed by atoms with E-state index in [4.69, 9.17) is 16.3 Å². The van der Waals surface area contributed by atoms with Crippen molar-refractivity contribution in [1.29, 1.82) is 0 Å². The molecule has 4 heteroatoms. The van der Waals surface area contributed by atoms with Crippen LogP contribution in [0.3, 0.4) is 0 Å². The molecule has 22 heavy (non-hydrogen) atoms. The topological polar surface area (TPSA) is 25.4 Å². The molecule has 1 aromatic heterocycles. The summed E-state index contributed by atoms with van der Waals surface area (Å²) in [5.41, 5.74) is 1.37. The van der Waals surface area contributed by atoms with Crippen molar-refractivity contribution in [3.05, 3.63) is 59.2 Å². The van der Waals surface area contributed by atoms with E-state index in [1.807, 2.05) is 12.1 Å². The fraction of sp³-hybridized carbons (Fsp3) is 0.389. The normalized spacial score (nSPS) is 22.5. The quantitative estimate of drug-likeness (QED) is 0.796. The first-order valence-corrected chi connectivity index (χ1v) is 8.14. The number of benzene rings is 1. The van der Waals surface area contributed by atoms with E-state index in [9.17, 15) is 0 Å². The standard InChI is InChI=1S/C18H21ClN2O/c1-14-12-21(13-15-6-3-2-4-7-15)11-10-16(14)22-18-9-5-8-17(19)20-18/h2-9,14,16H,10-13H2,1H3/t14-,16+/m0/s1. The van der Waals surface area contributed by atoms with Crippen molar-refractivity contribution in [2.24, 2.45) is 5.92 Å². The van der Waals surface area contributed by atoms with Gasteiger partial charge in [0.05, 0.1) is 0 Å². The van der Waals surface area contributed by atoms with Gasteiger partial charge in [0.2, 0.25) is 5.88 Å². The number of ether oxygens (including phenoxy) is 1. The van der Waals surface area contributed by atoms with E-state index in [-0.39, 0.29) is 6.10 Å². The van der Waals surface area contributed by atoms with E-state index in [0.29, 0.717) is 17.0 Å².